The standard InChI is InChI=1S/C26H33N3O4/c1-15-11-20-19-9-10-27-16(2)23(19)24(30)29(6)21(20)13-22(15)32-14-18(12-17-7-8-17)28-25(31)33-26(3,4)5/h9-11,13,17-18H,7-8,12,14H2,1-6H3,(H,28,31). The first-order valence-electron chi connectivity index (χ1n) is 11.5. The zero-order chi connectivity index (χ0) is 23.9. The van der Waals surface area contributed by atoms with Gasteiger partial charge in [-0.05, 0) is 70.0 Å². The first-order chi connectivity index (χ1) is 15.5. The van der Waals surface area contributed by atoms with Gasteiger partial charge in [-0.1, -0.05) is 12.8 Å². The molecule has 1 aliphatic rings. The number of amides is 1. The average Bonchev–Trinajstić information content (AvgIpc) is 3.53. The van der Waals surface area contributed by atoms with Crippen LogP contribution in [-0.2, 0) is 11.8 Å². The monoisotopic (exact) mass is 451 g/mol. The molecule has 3 aromatic rings. The molecule has 1 aromatic carbocycles. The van der Waals surface area contributed by atoms with Crippen molar-refractivity contribution in [1.82, 2.24) is 14.9 Å². The topological polar surface area (TPSA) is 82.5 Å². The minimum Gasteiger partial charge on any atom is -0.491 e. The van der Waals surface area contributed by atoms with Gasteiger partial charge >= 0.3 is 6.09 Å². The highest BCUT2D eigenvalue weighted by Crippen LogP contribution is 2.34. The molecule has 0 spiro atoms. The van der Waals surface area contributed by atoms with Gasteiger partial charge in [-0.2, -0.15) is 0 Å². The highest BCUT2D eigenvalue weighted by molar-refractivity contribution is 6.06. The van der Waals surface area contributed by atoms with Crippen LogP contribution in [0.2, 0.25) is 0 Å². The summed E-state index contributed by atoms with van der Waals surface area (Å²) in [5.74, 6) is 1.32. The normalized spacial score (nSPS) is 15.0. The molecule has 4 rings (SSSR count). The lowest BCUT2D eigenvalue weighted by Crippen LogP contribution is -2.42. The maximum Gasteiger partial charge on any atom is 0.407 e. The van der Waals surface area contributed by atoms with Crippen molar-refractivity contribution >= 4 is 27.8 Å². The number of rotatable bonds is 6. The molecule has 0 bridgehead atoms. The lowest BCUT2D eigenvalue weighted by molar-refractivity contribution is 0.0482. The maximum absolute atomic E-state index is 13.0. The summed E-state index contributed by atoms with van der Waals surface area (Å²) in [6, 6.07) is 5.73. The summed E-state index contributed by atoms with van der Waals surface area (Å²) in [6.07, 6.45) is 4.54. The van der Waals surface area contributed by atoms with Crippen molar-refractivity contribution in [2.75, 3.05) is 6.61 Å². The Morgan fingerprint density at radius 3 is 2.64 bits per heavy atom. The summed E-state index contributed by atoms with van der Waals surface area (Å²) in [4.78, 5) is 29.6. The quantitative estimate of drug-likeness (QED) is 0.546. The van der Waals surface area contributed by atoms with Gasteiger partial charge < -0.3 is 19.4 Å². The molecule has 1 saturated carbocycles. The molecule has 7 nitrogen and oxygen atoms in total. The second-order valence-electron chi connectivity index (χ2n) is 10.2. The first-order valence-corrected chi connectivity index (χ1v) is 11.5. The van der Waals surface area contributed by atoms with E-state index in [0.717, 1.165) is 34.0 Å². The number of carbonyl (C=O) groups excluding carboxylic acids is 1. The van der Waals surface area contributed by atoms with Crippen molar-refractivity contribution in [3.63, 3.8) is 0 Å². The summed E-state index contributed by atoms with van der Waals surface area (Å²) in [6.45, 7) is 9.75. The van der Waals surface area contributed by atoms with Gasteiger partial charge in [0.15, 0.2) is 0 Å². The molecular formula is C26H33N3O4. The van der Waals surface area contributed by atoms with E-state index in [1.165, 1.54) is 12.8 Å². The fourth-order valence-corrected chi connectivity index (χ4v) is 4.25. The van der Waals surface area contributed by atoms with Gasteiger partial charge in [0.2, 0.25) is 0 Å². The number of carbonyl (C=O) groups is 1. The summed E-state index contributed by atoms with van der Waals surface area (Å²) in [5, 5.41) is 5.51. The van der Waals surface area contributed by atoms with Crippen molar-refractivity contribution in [2.24, 2.45) is 13.0 Å². The molecule has 33 heavy (non-hydrogen) atoms. The number of pyridine rings is 2. The van der Waals surface area contributed by atoms with Gasteiger partial charge in [-0.15, -0.1) is 0 Å². The van der Waals surface area contributed by atoms with E-state index in [0.29, 0.717) is 23.7 Å². The number of nitrogens with zero attached hydrogens (tertiary/aromatic N) is 2. The Balaban J connectivity index is 1.61. The molecule has 176 valence electrons. The minimum absolute atomic E-state index is 0.0731. The molecule has 2 aromatic heterocycles. The lowest BCUT2D eigenvalue weighted by atomic mass is 10.0. The third-order valence-corrected chi connectivity index (χ3v) is 6.08. The van der Waals surface area contributed by atoms with Crippen LogP contribution in [0.4, 0.5) is 4.79 Å². The van der Waals surface area contributed by atoms with Crippen LogP contribution in [0.3, 0.4) is 0 Å². The third-order valence-electron chi connectivity index (χ3n) is 6.08. The number of hydrogen-bond acceptors (Lipinski definition) is 5. The number of aryl methyl sites for hydroxylation is 3. The van der Waals surface area contributed by atoms with Crippen LogP contribution in [0.25, 0.3) is 21.7 Å². The number of aromatic nitrogens is 2. The van der Waals surface area contributed by atoms with Gasteiger partial charge in [0.25, 0.3) is 5.56 Å². The van der Waals surface area contributed by atoms with E-state index in [1.807, 2.05) is 46.8 Å². The van der Waals surface area contributed by atoms with Crippen LogP contribution in [0, 0.1) is 19.8 Å². The Morgan fingerprint density at radius 1 is 1.24 bits per heavy atom. The SMILES string of the molecule is Cc1cc2c3ccnc(C)c3c(=O)n(C)c2cc1OCC(CC1CC1)NC(=O)OC(C)(C)C. The minimum atomic E-state index is -0.550. The first kappa shape index (κ1) is 23.1. The molecule has 0 saturated heterocycles. The van der Waals surface area contributed by atoms with Crippen LogP contribution in [0.1, 0.15) is 51.3 Å². The number of fused-ring (bicyclic) bond motifs is 3. The van der Waals surface area contributed by atoms with Crippen LogP contribution in [-0.4, -0.2) is 33.9 Å². The molecular weight excluding hydrogens is 418 g/mol. The fourth-order valence-electron chi connectivity index (χ4n) is 4.25. The second kappa shape index (κ2) is 8.69. The zero-order valence-corrected chi connectivity index (χ0v) is 20.3. The molecule has 1 amide bonds. The Kier molecular flexibility index (Phi) is 6.08. The second-order valence-corrected chi connectivity index (χ2v) is 10.2. The Hall–Kier alpha value is -3.09. The molecule has 0 radical (unpaired) electrons. The smallest absolute Gasteiger partial charge is 0.407 e. The van der Waals surface area contributed by atoms with Crippen molar-refractivity contribution in [2.45, 2.75) is 65.5 Å². The number of alkyl carbamates (subject to hydrolysis) is 1. The van der Waals surface area contributed by atoms with Gasteiger partial charge in [0.05, 0.1) is 22.6 Å². The molecule has 1 aliphatic carbocycles. The van der Waals surface area contributed by atoms with Crippen LogP contribution in [0.15, 0.2) is 29.2 Å². The molecule has 2 heterocycles. The van der Waals surface area contributed by atoms with E-state index in [2.05, 4.69) is 16.4 Å². The van der Waals surface area contributed by atoms with E-state index in [1.54, 1.807) is 17.8 Å². The predicted molar refractivity (Wildman–Crippen MR) is 130 cm³/mol. The van der Waals surface area contributed by atoms with Crippen LogP contribution >= 0.6 is 0 Å². The molecule has 1 atom stereocenters. The fraction of sp³-hybridized carbons (Fsp3) is 0.500. The van der Waals surface area contributed by atoms with E-state index >= 15 is 0 Å². The summed E-state index contributed by atoms with van der Waals surface area (Å²) >= 11 is 0. The zero-order valence-electron chi connectivity index (χ0n) is 20.3. The molecule has 1 unspecified atom stereocenters. The summed E-state index contributed by atoms with van der Waals surface area (Å²) in [7, 11) is 1.77. The highest BCUT2D eigenvalue weighted by atomic mass is 16.6. The highest BCUT2D eigenvalue weighted by Gasteiger charge is 2.28. The molecule has 7 heteroatoms. The number of ether oxygens (including phenoxy) is 2. The average molecular weight is 452 g/mol. The van der Waals surface area contributed by atoms with E-state index < -0.39 is 11.7 Å². The lowest BCUT2D eigenvalue weighted by Gasteiger charge is -2.24. The van der Waals surface area contributed by atoms with Gasteiger partial charge in [-0.3, -0.25) is 9.78 Å². The third kappa shape index (κ3) is 5.13. The van der Waals surface area contributed by atoms with E-state index in [9.17, 15) is 9.59 Å². The number of hydrogen-bond donors (Lipinski definition) is 1. The molecule has 1 N–H and O–H groups in total. The van der Waals surface area contributed by atoms with Gasteiger partial charge in [0, 0.05) is 24.7 Å². The van der Waals surface area contributed by atoms with Crippen molar-refractivity contribution in [3.05, 3.63) is 46.0 Å². The summed E-state index contributed by atoms with van der Waals surface area (Å²) < 4.78 is 13.3. The van der Waals surface area contributed by atoms with Crippen molar-refractivity contribution < 1.29 is 14.3 Å². The number of nitrogens with one attached hydrogen (secondary N) is 1. The van der Waals surface area contributed by atoms with Gasteiger partial charge in [-0.25, -0.2) is 4.79 Å². The Bertz CT molecular complexity index is 1270. The predicted octanol–water partition coefficient (Wildman–Crippen LogP) is 4.78. The largest absolute Gasteiger partial charge is 0.491 e. The van der Waals surface area contributed by atoms with Crippen molar-refractivity contribution in [3.8, 4) is 5.75 Å². The van der Waals surface area contributed by atoms with Crippen molar-refractivity contribution in [1.29, 1.82) is 0 Å². The molecule has 1 fully saturated rings. The number of benzene rings is 1. The molecule has 0 aliphatic heterocycles. The van der Waals surface area contributed by atoms with E-state index in [4.69, 9.17) is 9.47 Å². The van der Waals surface area contributed by atoms with Gasteiger partial charge in [0.1, 0.15) is 18.0 Å². The van der Waals surface area contributed by atoms with E-state index in [-0.39, 0.29) is 11.6 Å². The maximum atomic E-state index is 13.0. The van der Waals surface area contributed by atoms with Crippen LogP contribution in [0.5, 0.6) is 5.75 Å². The Labute approximate surface area is 194 Å². The van der Waals surface area contributed by atoms with Crippen LogP contribution < -0.4 is 15.6 Å². The Morgan fingerprint density at radius 2 is 1.97 bits per heavy atom. The summed E-state index contributed by atoms with van der Waals surface area (Å²) in [5.41, 5.74) is 1.88.